The first kappa shape index (κ1) is 32.4. The maximum atomic E-state index is 13.4. The molecule has 0 aromatic heterocycles. The molecule has 11 heteroatoms. The van der Waals surface area contributed by atoms with Crippen molar-refractivity contribution in [3.8, 4) is 0 Å². The number of carboxylic acids is 1. The van der Waals surface area contributed by atoms with Crippen LogP contribution in [0.2, 0.25) is 0 Å². The number of carbonyl (C=O) groups excluding carboxylic acids is 3. The van der Waals surface area contributed by atoms with Crippen molar-refractivity contribution >= 4 is 35.5 Å². The number of benzene rings is 1. The molecule has 0 aliphatic heterocycles. The van der Waals surface area contributed by atoms with Gasteiger partial charge in [-0.2, -0.15) is 11.8 Å². The Hall–Kier alpha value is -2.63. The zero-order valence-corrected chi connectivity index (χ0v) is 22.9. The minimum absolute atomic E-state index is 0.0486. The van der Waals surface area contributed by atoms with Crippen molar-refractivity contribution in [3.63, 3.8) is 0 Å². The van der Waals surface area contributed by atoms with Crippen molar-refractivity contribution in [1.29, 1.82) is 0 Å². The highest BCUT2D eigenvalue weighted by molar-refractivity contribution is 7.98. The molecule has 0 bridgehead atoms. The summed E-state index contributed by atoms with van der Waals surface area (Å²) >= 11 is 1.57. The molecule has 0 radical (unpaired) electrons. The van der Waals surface area contributed by atoms with Crippen LogP contribution < -0.4 is 27.4 Å². The number of carboxylic acid groups (broad SMARTS) is 1. The van der Waals surface area contributed by atoms with Crippen molar-refractivity contribution < 1.29 is 24.3 Å². The van der Waals surface area contributed by atoms with Crippen LogP contribution in [0.25, 0.3) is 0 Å². The van der Waals surface area contributed by atoms with E-state index < -0.39 is 47.9 Å². The second-order valence-electron chi connectivity index (χ2n) is 9.51. The molecule has 1 aromatic rings. The minimum atomic E-state index is -1.14. The van der Waals surface area contributed by atoms with Crippen molar-refractivity contribution in [3.05, 3.63) is 35.9 Å². The number of nitrogens with one attached hydrogen (secondary N) is 3. The van der Waals surface area contributed by atoms with Gasteiger partial charge in [-0.25, -0.2) is 4.79 Å². The molecule has 0 aliphatic carbocycles. The van der Waals surface area contributed by atoms with E-state index in [2.05, 4.69) is 16.0 Å². The first-order valence-corrected chi connectivity index (χ1v) is 14.1. The van der Waals surface area contributed by atoms with E-state index in [-0.39, 0.29) is 25.2 Å². The van der Waals surface area contributed by atoms with E-state index in [9.17, 15) is 24.3 Å². The van der Waals surface area contributed by atoms with Crippen LogP contribution in [0, 0.1) is 5.92 Å². The summed E-state index contributed by atoms with van der Waals surface area (Å²) in [5.41, 5.74) is 12.4. The summed E-state index contributed by atoms with van der Waals surface area (Å²) in [7, 11) is 0. The summed E-state index contributed by atoms with van der Waals surface area (Å²) < 4.78 is 0. The van der Waals surface area contributed by atoms with Gasteiger partial charge in [-0.3, -0.25) is 14.4 Å². The Kier molecular flexibility index (Phi) is 15.6. The summed E-state index contributed by atoms with van der Waals surface area (Å²) in [6.45, 7) is 4.15. The summed E-state index contributed by atoms with van der Waals surface area (Å²) in [4.78, 5) is 50.8. The van der Waals surface area contributed by atoms with E-state index >= 15 is 0 Å². The Morgan fingerprint density at radius 2 is 1.49 bits per heavy atom. The monoisotopic (exact) mass is 537 g/mol. The zero-order chi connectivity index (χ0) is 27.8. The summed E-state index contributed by atoms with van der Waals surface area (Å²) in [5.74, 6) is -1.96. The van der Waals surface area contributed by atoms with E-state index in [1.54, 1.807) is 11.8 Å². The van der Waals surface area contributed by atoms with E-state index in [1.165, 1.54) is 0 Å². The van der Waals surface area contributed by atoms with Gasteiger partial charge in [0.1, 0.15) is 18.1 Å². The lowest BCUT2D eigenvalue weighted by atomic mass is 10.0. The topological polar surface area (TPSA) is 177 Å². The van der Waals surface area contributed by atoms with Crippen LogP contribution in [0.3, 0.4) is 0 Å². The average molecular weight is 538 g/mol. The van der Waals surface area contributed by atoms with Gasteiger partial charge in [0.2, 0.25) is 17.7 Å². The Balaban J connectivity index is 3.08. The average Bonchev–Trinajstić information content (AvgIpc) is 2.85. The lowest BCUT2D eigenvalue weighted by Gasteiger charge is -2.26. The molecule has 8 N–H and O–H groups in total. The van der Waals surface area contributed by atoms with Crippen molar-refractivity contribution in [1.82, 2.24) is 16.0 Å². The number of carbonyl (C=O) groups is 4. The zero-order valence-electron chi connectivity index (χ0n) is 22.1. The molecule has 0 fully saturated rings. The molecule has 4 unspecified atom stereocenters. The second kappa shape index (κ2) is 17.8. The lowest BCUT2D eigenvalue weighted by molar-refractivity contribution is -0.142. The van der Waals surface area contributed by atoms with Crippen LogP contribution in [0.1, 0.15) is 51.5 Å². The molecule has 3 amide bonds. The summed E-state index contributed by atoms with van der Waals surface area (Å²) in [6, 6.07) is 5.41. The van der Waals surface area contributed by atoms with Crippen LogP contribution in [0.4, 0.5) is 0 Å². The number of thioether (sulfide) groups is 1. The van der Waals surface area contributed by atoms with Crippen molar-refractivity contribution in [2.75, 3.05) is 18.6 Å². The summed E-state index contributed by atoms with van der Waals surface area (Å²) in [5, 5.41) is 17.6. The SMILES string of the molecule is CSCCC(N)C(=O)NC(Cc1ccccc1)C(=O)NC(CCCCN)C(=O)NC(CC(C)C)C(=O)O. The van der Waals surface area contributed by atoms with Gasteiger partial charge in [0, 0.05) is 6.42 Å². The molecule has 0 heterocycles. The van der Waals surface area contributed by atoms with Crippen LogP contribution in [-0.2, 0) is 25.6 Å². The predicted molar refractivity (Wildman–Crippen MR) is 147 cm³/mol. The van der Waals surface area contributed by atoms with Crippen molar-refractivity contribution in [2.24, 2.45) is 17.4 Å². The highest BCUT2D eigenvalue weighted by atomic mass is 32.2. The fraction of sp³-hybridized carbons (Fsp3) is 0.615. The van der Waals surface area contributed by atoms with E-state index in [0.717, 1.165) is 5.56 Å². The van der Waals surface area contributed by atoms with Gasteiger partial charge in [0.05, 0.1) is 6.04 Å². The molecule has 10 nitrogen and oxygen atoms in total. The lowest BCUT2D eigenvalue weighted by Crippen LogP contribution is -2.57. The Morgan fingerprint density at radius 1 is 0.892 bits per heavy atom. The van der Waals surface area contributed by atoms with Crippen molar-refractivity contribution in [2.45, 2.75) is 76.5 Å². The number of rotatable bonds is 18. The number of unbranched alkanes of at least 4 members (excludes halogenated alkanes) is 1. The molecular weight excluding hydrogens is 494 g/mol. The first-order valence-electron chi connectivity index (χ1n) is 12.7. The quantitative estimate of drug-likeness (QED) is 0.150. The minimum Gasteiger partial charge on any atom is -0.480 e. The van der Waals surface area contributed by atoms with Gasteiger partial charge >= 0.3 is 5.97 Å². The number of aliphatic carboxylic acids is 1. The smallest absolute Gasteiger partial charge is 0.326 e. The Labute approximate surface area is 224 Å². The van der Waals surface area contributed by atoms with Crippen LogP contribution in [0.5, 0.6) is 0 Å². The Morgan fingerprint density at radius 3 is 2.05 bits per heavy atom. The third kappa shape index (κ3) is 12.9. The first-order chi connectivity index (χ1) is 17.6. The second-order valence-corrected chi connectivity index (χ2v) is 10.5. The van der Waals surface area contributed by atoms with Gasteiger partial charge in [-0.05, 0) is 62.1 Å². The van der Waals surface area contributed by atoms with Crippen LogP contribution in [0.15, 0.2) is 30.3 Å². The Bertz CT molecular complexity index is 855. The number of amides is 3. The molecule has 0 spiro atoms. The maximum Gasteiger partial charge on any atom is 0.326 e. The van der Waals surface area contributed by atoms with E-state index in [4.69, 9.17) is 11.5 Å². The normalized spacial score (nSPS) is 14.3. The van der Waals surface area contributed by atoms with Gasteiger partial charge < -0.3 is 32.5 Å². The van der Waals surface area contributed by atoms with Gasteiger partial charge in [-0.1, -0.05) is 44.2 Å². The fourth-order valence-corrected chi connectivity index (χ4v) is 4.20. The van der Waals surface area contributed by atoms with Crippen LogP contribution >= 0.6 is 11.8 Å². The number of nitrogens with two attached hydrogens (primary N) is 2. The van der Waals surface area contributed by atoms with Gasteiger partial charge in [-0.15, -0.1) is 0 Å². The van der Waals surface area contributed by atoms with E-state index in [0.29, 0.717) is 31.6 Å². The molecule has 1 aromatic carbocycles. The number of hydrogen-bond acceptors (Lipinski definition) is 7. The van der Waals surface area contributed by atoms with Gasteiger partial charge in [0.15, 0.2) is 0 Å². The van der Waals surface area contributed by atoms with E-state index in [1.807, 2.05) is 50.4 Å². The maximum absolute atomic E-state index is 13.4. The standard InChI is InChI=1S/C26H43N5O5S/c1-17(2)15-22(26(35)36)31-24(33)20(11-7-8-13-27)29-25(34)21(16-18-9-5-4-6-10-18)30-23(32)19(28)12-14-37-3/h4-6,9-10,17,19-22H,7-8,11-16,27-28H2,1-3H3,(H,29,34)(H,30,32)(H,31,33)(H,35,36). The molecule has 0 aliphatic rings. The molecule has 208 valence electrons. The molecule has 0 saturated heterocycles. The van der Waals surface area contributed by atoms with Gasteiger partial charge in [0.25, 0.3) is 0 Å². The summed E-state index contributed by atoms with van der Waals surface area (Å²) in [6.07, 6.45) is 4.32. The third-order valence-electron chi connectivity index (χ3n) is 5.79. The number of hydrogen-bond donors (Lipinski definition) is 6. The fourth-order valence-electron chi connectivity index (χ4n) is 3.71. The highest BCUT2D eigenvalue weighted by Crippen LogP contribution is 2.09. The highest BCUT2D eigenvalue weighted by Gasteiger charge is 2.30. The predicted octanol–water partition coefficient (Wildman–Crippen LogP) is 1.02. The molecule has 37 heavy (non-hydrogen) atoms. The molecule has 4 atom stereocenters. The molecule has 1 rings (SSSR count). The molecular formula is C26H43N5O5S. The third-order valence-corrected chi connectivity index (χ3v) is 6.43. The van der Waals surface area contributed by atoms with Crippen LogP contribution in [-0.4, -0.2) is 71.5 Å². The largest absolute Gasteiger partial charge is 0.480 e. The molecule has 0 saturated carbocycles.